The van der Waals surface area contributed by atoms with E-state index in [1.165, 1.54) is 36.5 Å². The van der Waals surface area contributed by atoms with Crippen molar-refractivity contribution in [2.45, 2.75) is 66.3 Å². The number of aryl methyl sites for hydroxylation is 2. The Morgan fingerprint density at radius 2 is 1.48 bits per heavy atom. The van der Waals surface area contributed by atoms with Crippen molar-refractivity contribution in [1.82, 2.24) is 9.97 Å². The Labute approximate surface area is 365 Å². The van der Waals surface area contributed by atoms with Gasteiger partial charge in [0.25, 0.3) is 0 Å². The first-order valence-electron chi connectivity index (χ1n) is 22.8. The summed E-state index contributed by atoms with van der Waals surface area (Å²) < 4.78 is 122. The fourth-order valence-electron chi connectivity index (χ4n) is 6.48. The zero-order valence-corrected chi connectivity index (χ0v) is 34.8. The average molecular weight is 960 g/mol. The van der Waals surface area contributed by atoms with Crippen molar-refractivity contribution >= 4 is 21.9 Å². The molecule has 0 atom stereocenters. The van der Waals surface area contributed by atoms with E-state index in [1.807, 2.05) is 60.7 Å². The van der Waals surface area contributed by atoms with E-state index >= 15 is 0 Å². The maximum absolute atomic E-state index is 12.9. The van der Waals surface area contributed by atoms with Gasteiger partial charge in [0.05, 0.1) is 12.4 Å². The monoisotopic (exact) mass is 960 g/mol. The topological polar surface area (TPSA) is 38.9 Å². The number of hydrogen-bond acceptors (Lipinski definition) is 3. The number of para-hydroxylation sites is 1. The number of rotatable bonds is 6. The number of halogens is 3. The van der Waals surface area contributed by atoms with Crippen LogP contribution in [0.3, 0.4) is 0 Å². The zero-order valence-electron chi connectivity index (χ0n) is 41.4. The quantitative estimate of drug-likeness (QED) is 0.156. The summed E-state index contributed by atoms with van der Waals surface area (Å²) in [6, 6.07) is 39.0. The molecule has 3 nitrogen and oxygen atoms in total. The van der Waals surface area contributed by atoms with Crippen LogP contribution in [0.5, 0.6) is 0 Å². The average Bonchev–Trinajstić information content (AvgIpc) is 3.65. The molecule has 0 saturated carbocycles. The van der Waals surface area contributed by atoms with Gasteiger partial charge in [-0.25, -0.2) is 0 Å². The van der Waals surface area contributed by atoms with Crippen molar-refractivity contribution in [3.8, 4) is 44.8 Å². The van der Waals surface area contributed by atoms with Gasteiger partial charge in [0.15, 0.2) is 0 Å². The van der Waals surface area contributed by atoms with Crippen molar-refractivity contribution in [3.05, 3.63) is 168 Å². The minimum atomic E-state index is -4.28. The molecule has 5 aromatic carbocycles. The number of furan rings is 1. The van der Waals surface area contributed by atoms with Crippen LogP contribution in [0.2, 0.25) is 0 Å². The van der Waals surface area contributed by atoms with Crippen molar-refractivity contribution in [1.29, 1.82) is 0 Å². The molecule has 0 aliphatic carbocycles. The van der Waals surface area contributed by atoms with Gasteiger partial charge < -0.3 is 14.4 Å². The molecule has 297 valence electrons. The fourth-order valence-corrected chi connectivity index (χ4v) is 6.48. The smallest absolute Gasteiger partial charge is 0.390 e. The number of aromatic nitrogens is 2. The molecule has 8 aromatic rings. The second kappa shape index (κ2) is 16.9. The molecule has 1 radical (unpaired) electrons. The van der Waals surface area contributed by atoms with Gasteiger partial charge >= 0.3 is 6.18 Å². The normalized spacial score (nSPS) is 14.9. The molecule has 0 aliphatic heterocycles. The van der Waals surface area contributed by atoms with Gasteiger partial charge in [-0.1, -0.05) is 130 Å². The number of alkyl halides is 3. The molecule has 0 N–H and O–H groups in total. The van der Waals surface area contributed by atoms with Crippen molar-refractivity contribution < 1.29 is 50.0 Å². The van der Waals surface area contributed by atoms with E-state index < -0.39 is 37.1 Å². The Morgan fingerprint density at radius 3 is 2.16 bits per heavy atom. The van der Waals surface area contributed by atoms with Gasteiger partial charge in [0.2, 0.25) is 0 Å². The van der Waals surface area contributed by atoms with Gasteiger partial charge in [0.1, 0.15) is 5.58 Å². The maximum Gasteiger partial charge on any atom is 0.390 e. The van der Waals surface area contributed by atoms with E-state index in [1.54, 1.807) is 51.2 Å². The largest absolute Gasteiger partial charge is 0.500 e. The van der Waals surface area contributed by atoms with E-state index in [2.05, 4.69) is 22.1 Å². The van der Waals surface area contributed by atoms with Gasteiger partial charge in [-0.2, -0.15) is 13.2 Å². The summed E-state index contributed by atoms with van der Waals surface area (Å²) in [5, 5.41) is 1.67. The van der Waals surface area contributed by atoms with E-state index in [9.17, 15) is 13.2 Å². The van der Waals surface area contributed by atoms with E-state index in [4.69, 9.17) is 16.8 Å². The van der Waals surface area contributed by atoms with Crippen LogP contribution in [-0.4, -0.2) is 16.1 Å². The Hall–Kier alpha value is -5.36. The summed E-state index contributed by atoms with van der Waals surface area (Å²) in [7, 11) is 0. The predicted octanol–water partition coefficient (Wildman–Crippen LogP) is 14.4. The Balaban J connectivity index is 0.000000310. The Kier molecular flexibility index (Phi) is 9.19. The number of fused-ring (bicyclic) bond motifs is 3. The molecule has 0 fully saturated rings. The standard InChI is InChI=1S/C36H32NO.C15H13F3N.Ir/c1-23-19-25(21-36(3,4)5)17-18-27(23)32-20-33(37-22-24(32)2)31-16-10-15-30-29-14-9-13-28(34(29)38-35(30)31)26-11-7-6-8-12-26;1-14(2,15(16,17)18)12-8-6-11(7-9-12)13-5-3-4-10-19-13;/h6-15,17-20,22H,21H2,1-5H3;3-6,8-10H,1-2H3;/q2*-1;/i1D3,2D3,18D,21D2;;. The summed E-state index contributed by atoms with van der Waals surface area (Å²) in [5.41, 5.74) is 1.89. The molecule has 3 aromatic heterocycles. The summed E-state index contributed by atoms with van der Waals surface area (Å²) in [5.74, 6) is 0. The molecule has 0 saturated heterocycles. The van der Waals surface area contributed by atoms with Crippen LogP contribution in [0.1, 0.15) is 69.2 Å². The van der Waals surface area contributed by atoms with Gasteiger partial charge in [-0.3, -0.25) is 0 Å². The van der Waals surface area contributed by atoms with Crippen LogP contribution in [-0.2, 0) is 31.9 Å². The maximum atomic E-state index is 12.9. The number of hydrogen-bond donors (Lipinski definition) is 0. The molecule has 58 heavy (non-hydrogen) atoms. The SMILES string of the molecule is CC(C)(c1c[c-]c(-c2ccccn2)cc1)C(F)(F)F.[2H]c1cc(C([2H])([2H])C(C)(C)C)cc(C([2H])([2H])[2H])c1-c1cc(-c2[c-]ccc3c2oc2c(-c4ccccc4)cccc23)ncc1C([2H])([2H])[2H].[Ir]. The third kappa shape index (κ3) is 8.87. The summed E-state index contributed by atoms with van der Waals surface area (Å²) in [6.07, 6.45) is -3.44. The van der Waals surface area contributed by atoms with Crippen molar-refractivity contribution in [2.24, 2.45) is 5.41 Å². The molecule has 0 bridgehead atoms. The number of nitrogens with zero attached hydrogens (tertiary/aromatic N) is 2. The number of benzene rings is 5. The first-order valence-corrected chi connectivity index (χ1v) is 18.3. The molecular weight excluding hydrogens is 906 g/mol. The third-order valence-corrected chi connectivity index (χ3v) is 9.62. The van der Waals surface area contributed by atoms with Crippen LogP contribution < -0.4 is 0 Å². The molecule has 3 heterocycles. The molecule has 0 aliphatic rings. The first-order chi connectivity index (χ1) is 30.7. The Morgan fingerprint density at radius 1 is 0.724 bits per heavy atom. The van der Waals surface area contributed by atoms with Crippen molar-refractivity contribution in [2.75, 3.05) is 0 Å². The Bertz CT molecular complexity index is 3040. The van der Waals surface area contributed by atoms with E-state index in [0.29, 0.717) is 28.0 Å². The molecule has 0 spiro atoms. The summed E-state index contributed by atoms with van der Waals surface area (Å²) >= 11 is 0. The minimum absolute atomic E-state index is 0. The predicted molar refractivity (Wildman–Crippen MR) is 227 cm³/mol. The second-order valence-corrected chi connectivity index (χ2v) is 15.2. The number of pyridine rings is 2. The molecule has 0 unspecified atom stereocenters. The van der Waals surface area contributed by atoms with Crippen LogP contribution in [0.25, 0.3) is 66.7 Å². The van der Waals surface area contributed by atoms with Crippen LogP contribution in [0.15, 0.2) is 138 Å². The minimum Gasteiger partial charge on any atom is -0.500 e. The van der Waals surface area contributed by atoms with Crippen LogP contribution >= 0.6 is 0 Å². The van der Waals surface area contributed by atoms with Gasteiger partial charge in [-0.05, 0) is 76.3 Å². The third-order valence-electron chi connectivity index (χ3n) is 9.62. The molecule has 7 heteroatoms. The zero-order chi connectivity index (χ0) is 48.2. The summed E-state index contributed by atoms with van der Waals surface area (Å²) in [4.78, 5) is 8.64. The summed E-state index contributed by atoms with van der Waals surface area (Å²) in [6.45, 7) is 1.92. The fraction of sp³-hybridized carbons (Fsp3) is 0.216. The molecular formula is C51H45F3IrN2O-2. The van der Waals surface area contributed by atoms with E-state index in [0.717, 1.165) is 35.7 Å². The molecule has 0 amide bonds. The van der Waals surface area contributed by atoms with Crippen LogP contribution in [0.4, 0.5) is 13.2 Å². The van der Waals surface area contributed by atoms with Gasteiger partial charge in [0, 0.05) is 54.4 Å². The second-order valence-electron chi connectivity index (χ2n) is 15.2. The first kappa shape index (κ1) is 31.6. The van der Waals surface area contributed by atoms with E-state index in [-0.39, 0.29) is 65.2 Å². The van der Waals surface area contributed by atoms with Gasteiger partial charge in [-0.15, -0.1) is 53.6 Å². The molecule has 8 rings (SSSR count). The van der Waals surface area contributed by atoms with Crippen molar-refractivity contribution in [3.63, 3.8) is 0 Å². The van der Waals surface area contributed by atoms with Crippen LogP contribution in [0, 0.1) is 31.3 Å².